The number of hydrogen-bond acceptors (Lipinski definition) is 7. The normalized spacial score (nSPS) is 14.7. The van der Waals surface area contributed by atoms with Crippen LogP contribution in [-0.2, 0) is 9.59 Å². The molecule has 6 nitrogen and oxygen atoms in total. The highest BCUT2D eigenvalue weighted by atomic mass is 32.2. The van der Waals surface area contributed by atoms with Crippen LogP contribution in [0, 0.1) is 0 Å². The molecular formula is C17H20N4O2S3. The Morgan fingerprint density at radius 3 is 2.92 bits per heavy atom. The number of aromatic nitrogens is 2. The number of thioether (sulfide) groups is 2. The van der Waals surface area contributed by atoms with Gasteiger partial charge >= 0.3 is 0 Å². The van der Waals surface area contributed by atoms with Crippen LogP contribution in [0.25, 0.3) is 0 Å². The molecule has 0 radical (unpaired) electrons. The van der Waals surface area contributed by atoms with Crippen LogP contribution in [0.15, 0.2) is 32.9 Å². The van der Waals surface area contributed by atoms with E-state index >= 15 is 0 Å². The third kappa shape index (κ3) is 4.57. The molecule has 1 N–H and O–H groups in total. The molecule has 0 aliphatic carbocycles. The number of nitrogens with one attached hydrogen (secondary N) is 1. The van der Waals surface area contributed by atoms with Gasteiger partial charge in [-0.2, -0.15) is 0 Å². The van der Waals surface area contributed by atoms with Crippen LogP contribution in [0.5, 0.6) is 0 Å². The number of hydrogen-bond donors (Lipinski definition) is 1. The predicted molar refractivity (Wildman–Crippen MR) is 108 cm³/mol. The van der Waals surface area contributed by atoms with Gasteiger partial charge in [0.25, 0.3) is 0 Å². The van der Waals surface area contributed by atoms with E-state index in [1.54, 1.807) is 22.7 Å². The average molecular weight is 409 g/mol. The lowest BCUT2D eigenvalue weighted by molar-refractivity contribution is -0.121. The van der Waals surface area contributed by atoms with Gasteiger partial charge in [-0.15, -0.1) is 10.2 Å². The third-order valence-corrected chi connectivity index (χ3v) is 7.09. The number of unbranched alkanes of at least 4 members (excludes halogenated alkanes) is 1. The van der Waals surface area contributed by atoms with Gasteiger partial charge in [-0.25, -0.2) is 0 Å². The van der Waals surface area contributed by atoms with Crippen LogP contribution in [0.3, 0.4) is 0 Å². The van der Waals surface area contributed by atoms with E-state index in [4.69, 9.17) is 0 Å². The summed E-state index contributed by atoms with van der Waals surface area (Å²) in [5.41, 5.74) is 1.40. The standard InChI is InChI=1S/C17H20N4O2S3/c1-3-4-9-24-16-19-20-17(26-16)25-11(2)15(23)21-10-14(22)18-12-7-5-6-8-13(12)21/h5-8,11H,3-4,9-10H2,1-2H3,(H,18,22)/t11-/m1/s1. The summed E-state index contributed by atoms with van der Waals surface area (Å²) in [4.78, 5) is 26.4. The fraction of sp³-hybridized carbons (Fsp3) is 0.412. The molecule has 0 fully saturated rings. The van der Waals surface area contributed by atoms with E-state index in [9.17, 15) is 9.59 Å². The number of rotatable bonds is 7. The number of fused-ring (bicyclic) bond motifs is 1. The molecule has 2 heterocycles. The second kappa shape index (κ2) is 8.88. The molecule has 138 valence electrons. The summed E-state index contributed by atoms with van der Waals surface area (Å²) in [5, 5.41) is 10.8. The van der Waals surface area contributed by atoms with Crippen molar-refractivity contribution < 1.29 is 9.59 Å². The summed E-state index contributed by atoms with van der Waals surface area (Å²) >= 11 is 4.61. The van der Waals surface area contributed by atoms with Crippen LogP contribution in [0.4, 0.5) is 11.4 Å². The second-order valence-electron chi connectivity index (χ2n) is 5.79. The molecular weight excluding hydrogens is 388 g/mol. The van der Waals surface area contributed by atoms with Gasteiger partial charge in [-0.1, -0.05) is 60.3 Å². The van der Waals surface area contributed by atoms with Crippen molar-refractivity contribution in [2.75, 3.05) is 22.5 Å². The van der Waals surface area contributed by atoms with Gasteiger partial charge in [0.15, 0.2) is 8.68 Å². The molecule has 26 heavy (non-hydrogen) atoms. The van der Waals surface area contributed by atoms with E-state index in [2.05, 4.69) is 22.4 Å². The monoisotopic (exact) mass is 408 g/mol. The van der Waals surface area contributed by atoms with Crippen molar-refractivity contribution in [3.8, 4) is 0 Å². The molecule has 2 amide bonds. The number of carbonyl (C=O) groups is 2. The van der Waals surface area contributed by atoms with E-state index in [0.29, 0.717) is 5.69 Å². The summed E-state index contributed by atoms with van der Waals surface area (Å²) in [5.74, 6) is 0.747. The maximum absolute atomic E-state index is 12.9. The van der Waals surface area contributed by atoms with E-state index in [1.807, 2.05) is 25.1 Å². The molecule has 1 aromatic heterocycles. The zero-order valence-electron chi connectivity index (χ0n) is 14.6. The number of carbonyl (C=O) groups excluding carboxylic acids is 2. The van der Waals surface area contributed by atoms with Crippen LogP contribution >= 0.6 is 34.9 Å². The smallest absolute Gasteiger partial charge is 0.244 e. The summed E-state index contributed by atoms with van der Waals surface area (Å²) < 4.78 is 1.71. The maximum Gasteiger partial charge on any atom is 0.244 e. The SMILES string of the molecule is CCCCSc1nnc(S[C@H](C)C(=O)N2CC(=O)Nc3ccccc32)s1. The highest BCUT2D eigenvalue weighted by Crippen LogP contribution is 2.34. The molecule has 2 aromatic rings. The minimum absolute atomic E-state index is 0.0367. The summed E-state index contributed by atoms with van der Waals surface area (Å²) in [6.07, 6.45) is 2.31. The molecule has 0 spiro atoms. The molecule has 3 rings (SSSR count). The Bertz CT molecular complexity index is 796. The molecule has 0 bridgehead atoms. The Balaban J connectivity index is 1.66. The minimum atomic E-state index is -0.351. The fourth-order valence-electron chi connectivity index (χ4n) is 2.46. The van der Waals surface area contributed by atoms with Gasteiger partial charge in [0.1, 0.15) is 6.54 Å². The lowest BCUT2D eigenvalue weighted by Crippen LogP contribution is -2.45. The Hall–Kier alpha value is -1.58. The molecule has 1 aliphatic rings. The van der Waals surface area contributed by atoms with Gasteiger partial charge in [0.05, 0.1) is 16.6 Å². The highest BCUT2D eigenvalue weighted by molar-refractivity contribution is 8.03. The fourth-order valence-corrected chi connectivity index (χ4v) is 5.84. The molecule has 0 saturated heterocycles. The summed E-state index contributed by atoms with van der Waals surface area (Å²) in [6, 6.07) is 7.34. The first-order chi connectivity index (χ1) is 12.6. The van der Waals surface area contributed by atoms with E-state index in [1.165, 1.54) is 23.1 Å². The molecule has 1 aromatic carbocycles. The highest BCUT2D eigenvalue weighted by Gasteiger charge is 2.30. The Labute approximate surface area is 165 Å². The lowest BCUT2D eigenvalue weighted by atomic mass is 10.2. The van der Waals surface area contributed by atoms with Crippen LogP contribution in [0.1, 0.15) is 26.7 Å². The topological polar surface area (TPSA) is 75.2 Å². The maximum atomic E-state index is 12.9. The number of para-hydroxylation sites is 2. The van der Waals surface area contributed by atoms with Crippen molar-refractivity contribution in [1.82, 2.24) is 10.2 Å². The van der Waals surface area contributed by atoms with Crippen LogP contribution < -0.4 is 10.2 Å². The first kappa shape index (κ1) is 19.2. The molecule has 1 aliphatic heterocycles. The van der Waals surface area contributed by atoms with Crippen molar-refractivity contribution in [1.29, 1.82) is 0 Å². The van der Waals surface area contributed by atoms with Crippen LogP contribution in [-0.4, -0.2) is 39.6 Å². The molecule has 0 unspecified atom stereocenters. The van der Waals surface area contributed by atoms with Gasteiger partial charge in [-0.05, 0) is 25.5 Å². The van der Waals surface area contributed by atoms with Crippen molar-refractivity contribution in [3.05, 3.63) is 24.3 Å². The number of amides is 2. The lowest BCUT2D eigenvalue weighted by Gasteiger charge is -2.30. The molecule has 0 saturated carbocycles. The van der Waals surface area contributed by atoms with Crippen molar-refractivity contribution in [3.63, 3.8) is 0 Å². The van der Waals surface area contributed by atoms with Crippen molar-refractivity contribution in [2.24, 2.45) is 0 Å². The zero-order chi connectivity index (χ0) is 18.5. The number of anilines is 2. The third-order valence-electron chi connectivity index (χ3n) is 3.77. The summed E-state index contributed by atoms with van der Waals surface area (Å²) in [6.45, 7) is 4.04. The number of nitrogens with zero attached hydrogens (tertiary/aromatic N) is 3. The van der Waals surface area contributed by atoms with E-state index in [-0.39, 0.29) is 23.6 Å². The Kier molecular flexibility index (Phi) is 6.55. The first-order valence-corrected chi connectivity index (χ1v) is 11.1. The van der Waals surface area contributed by atoms with Gasteiger partial charge in [0, 0.05) is 5.75 Å². The average Bonchev–Trinajstić information content (AvgIpc) is 3.07. The van der Waals surface area contributed by atoms with Gasteiger partial charge in [-0.3, -0.25) is 14.5 Å². The van der Waals surface area contributed by atoms with Crippen molar-refractivity contribution in [2.45, 2.75) is 40.6 Å². The first-order valence-electron chi connectivity index (χ1n) is 8.41. The van der Waals surface area contributed by atoms with E-state index < -0.39 is 0 Å². The predicted octanol–water partition coefficient (Wildman–Crippen LogP) is 3.90. The number of benzene rings is 1. The zero-order valence-corrected chi connectivity index (χ0v) is 17.0. The van der Waals surface area contributed by atoms with Gasteiger partial charge in [0.2, 0.25) is 11.8 Å². The summed E-state index contributed by atoms with van der Waals surface area (Å²) in [7, 11) is 0. The quantitative estimate of drug-likeness (QED) is 0.553. The Morgan fingerprint density at radius 2 is 2.12 bits per heavy atom. The van der Waals surface area contributed by atoms with Gasteiger partial charge < -0.3 is 5.32 Å². The molecule has 9 heteroatoms. The minimum Gasteiger partial charge on any atom is -0.323 e. The Morgan fingerprint density at radius 1 is 1.35 bits per heavy atom. The molecule has 1 atom stereocenters. The largest absolute Gasteiger partial charge is 0.323 e. The second-order valence-corrected chi connectivity index (χ2v) is 9.69. The van der Waals surface area contributed by atoms with E-state index in [0.717, 1.165) is 33.0 Å². The van der Waals surface area contributed by atoms with Crippen molar-refractivity contribution >= 4 is 58.0 Å². The van der Waals surface area contributed by atoms with Crippen LogP contribution in [0.2, 0.25) is 0 Å².